The number of fused-ring (bicyclic) bond motifs is 1. The van der Waals surface area contributed by atoms with Crippen LogP contribution in [0.5, 0.6) is 5.75 Å². The second-order valence-electron chi connectivity index (χ2n) is 3.43. The van der Waals surface area contributed by atoms with Gasteiger partial charge in [-0.15, -0.1) is 0 Å². The smallest absolute Gasteiger partial charge is 0.221 e. The van der Waals surface area contributed by atoms with Gasteiger partial charge in [-0.3, -0.25) is 9.78 Å². The van der Waals surface area contributed by atoms with E-state index in [0.29, 0.717) is 11.4 Å². The van der Waals surface area contributed by atoms with Crippen LogP contribution in [0.1, 0.15) is 6.92 Å². The van der Waals surface area contributed by atoms with Crippen LogP contribution in [0.3, 0.4) is 0 Å². The molecule has 0 unspecified atom stereocenters. The number of nitrogens with one attached hydrogen (secondary N) is 1. The topological polar surface area (TPSA) is 51.2 Å². The highest BCUT2D eigenvalue weighted by Crippen LogP contribution is 2.27. The van der Waals surface area contributed by atoms with E-state index >= 15 is 0 Å². The highest BCUT2D eigenvalue weighted by atomic mass is 16.5. The monoisotopic (exact) mass is 216 g/mol. The van der Waals surface area contributed by atoms with Gasteiger partial charge in [-0.25, -0.2) is 0 Å². The van der Waals surface area contributed by atoms with E-state index in [1.165, 1.54) is 6.92 Å². The maximum absolute atomic E-state index is 11.1. The van der Waals surface area contributed by atoms with E-state index in [1.54, 1.807) is 19.4 Å². The fourth-order valence-electron chi connectivity index (χ4n) is 1.57. The fourth-order valence-corrected chi connectivity index (χ4v) is 1.57. The molecule has 0 atom stereocenters. The average Bonchev–Trinajstić information content (AvgIpc) is 2.28. The van der Waals surface area contributed by atoms with Crippen molar-refractivity contribution in [3.05, 3.63) is 30.5 Å². The first kappa shape index (κ1) is 10.4. The third-order valence-corrected chi connectivity index (χ3v) is 2.22. The molecule has 4 nitrogen and oxygen atoms in total. The van der Waals surface area contributed by atoms with Crippen LogP contribution in [0.2, 0.25) is 0 Å². The number of pyridine rings is 1. The Labute approximate surface area is 93.3 Å². The number of carbonyl (C=O) groups is 1. The number of hydrogen-bond acceptors (Lipinski definition) is 3. The minimum Gasteiger partial charge on any atom is -0.497 e. The minimum absolute atomic E-state index is 0.125. The Morgan fingerprint density at radius 3 is 2.94 bits per heavy atom. The van der Waals surface area contributed by atoms with Crippen LogP contribution in [-0.4, -0.2) is 18.0 Å². The Morgan fingerprint density at radius 2 is 2.25 bits per heavy atom. The third kappa shape index (κ3) is 1.95. The Hall–Kier alpha value is -2.10. The van der Waals surface area contributed by atoms with Crippen molar-refractivity contribution in [2.45, 2.75) is 6.92 Å². The number of aromatic nitrogens is 1. The van der Waals surface area contributed by atoms with Crippen molar-refractivity contribution in [1.82, 2.24) is 4.98 Å². The number of rotatable bonds is 2. The molecule has 4 heteroatoms. The molecule has 16 heavy (non-hydrogen) atoms. The summed E-state index contributed by atoms with van der Waals surface area (Å²) in [5, 5.41) is 3.68. The fraction of sp³-hybridized carbons (Fsp3) is 0.167. The zero-order valence-corrected chi connectivity index (χ0v) is 9.15. The van der Waals surface area contributed by atoms with Gasteiger partial charge >= 0.3 is 0 Å². The molecule has 2 aromatic rings. The SMILES string of the molecule is COc1cc(NC(C)=O)c2ncccc2c1. The summed E-state index contributed by atoms with van der Waals surface area (Å²) < 4.78 is 5.17. The molecule has 0 saturated carbocycles. The van der Waals surface area contributed by atoms with Gasteiger partial charge in [0.1, 0.15) is 5.75 Å². The Bertz CT molecular complexity index is 538. The summed E-state index contributed by atoms with van der Waals surface area (Å²) in [6.45, 7) is 1.47. The number of ether oxygens (including phenoxy) is 1. The molecule has 2 rings (SSSR count). The maximum atomic E-state index is 11.1. The van der Waals surface area contributed by atoms with Crippen molar-refractivity contribution in [2.24, 2.45) is 0 Å². The Balaban J connectivity index is 2.63. The molecule has 1 aromatic heterocycles. The summed E-state index contributed by atoms with van der Waals surface area (Å²) in [6, 6.07) is 7.42. The van der Waals surface area contributed by atoms with Crippen molar-refractivity contribution in [2.75, 3.05) is 12.4 Å². The molecule has 1 N–H and O–H groups in total. The molecule has 0 aliphatic heterocycles. The predicted molar refractivity (Wildman–Crippen MR) is 62.6 cm³/mol. The molecule has 82 valence electrons. The number of amides is 1. The summed E-state index contributed by atoms with van der Waals surface area (Å²) in [5.74, 6) is 0.574. The van der Waals surface area contributed by atoms with E-state index in [9.17, 15) is 4.79 Å². The highest BCUT2D eigenvalue weighted by molar-refractivity contribution is 6.00. The number of carbonyl (C=O) groups excluding carboxylic acids is 1. The molecular weight excluding hydrogens is 204 g/mol. The lowest BCUT2D eigenvalue weighted by Crippen LogP contribution is -2.06. The van der Waals surface area contributed by atoms with E-state index in [4.69, 9.17) is 4.74 Å². The van der Waals surface area contributed by atoms with E-state index < -0.39 is 0 Å². The van der Waals surface area contributed by atoms with Crippen LogP contribution >= 0.6 is 0 Å². The lowest BCUT2D eigenvalue weighted by Gasteiger charge is -2.08. The van der Waals surface area contributed by atoms with Gasteiger partial charge in [0, 0.05) is 24.6 Å². The van der Waals surface area contributed by atoms with Crippen LogP contribution in [-0.2, 0) is 4.79 Å². The predicted octanol–water partition coefficient (Wildman–Crippen LogP) is 2.20. The quantitative estimate of drug-likeness (QED) is 0.837. The van der Waals surface area contributed by atoms with Crippen molar-refractivity contribution < 1.29 is 9.53 Å². The summed E-state index contributed by atoms with van der Waals surface area (Å²) >= 11 is 0. The Morgan fingerprint density at radius 1 is 1.44 bits per heavy atom. The molecule has 0 spiro atoms. The summed E-state index contributed by atoms with van der Waals surface area (Å²) in [7, 11) is 1.59. The van der Waals surface area contributed by atoms with Crippen LogP contribution in [0.15, 0.2) is 30.5 Å². The molecule has 1 aromatic carbocycles. The van der Waals surface area contributed by atoms with Gasteiger partial charge in [-0.2, -0.15) is 0 Å². The summed E-state index contributed by atoms with van der Waals surface area (Å²) in [5.41, 5.74) is 1.43. The molecular formula is C12H12N2O2. The Kier molecular flexibility index (Phi) is 2.72. The third-order valence-electron chi connectivity index (χ3n) is 2.22. The molecule has 0 fully saturated rings. The number of nitrogens with zero attached hydrogens (tertiary/aromatic N) is 1. The summed E-state index contributed by atoms with van der Waals surface area (Å²) in [4.78, 5) is 15.3. The molecule has 0 aliphatic carbocycles. The molecule has 0 bridgehead atoms. The van der Waals surface area contributed by atoms with E-state index in [0.717, 1.165) is 10.9 Å². The van der Waals surface area contributed by atoms with E-state index in [1.807, 2.05) is 18.2 Å². The average molecular weight is 216 g/mol. The van der Waals surface area contributed by atoms with Crippen molar-refractivity contribution >= 4 is 22.5 Å². The van der Waals surface area contributed by atoms with Crippen molar-refractivity contribution in [3.63, 3.8) is 0 Å². The normalized spacial score (nSPS) is 10.1. The molecule has 1 amide bonds. The second-order valence-corrected chi connectivity index (χ2v) is 3.43. The zero-order chi connectivity index (χ0) is 11.5. The van der Waals surface area contributed by atoms with Gasteiger partial charge in [0.2, 0.25) is 5.91 Å². The maximum Gasteiger partial charge on any atom is 0.221 e. The first-order valence-electron chi connectivity index (χ1n) is 4.91. The van der Waals surface area contributed by atoms with Gasteiger partial charge in [-0.05, 0) is 12.1 Å². The second kappa shape index (κ2) is 4.18. The first-order valence-corrected chi connectivity index (χ1v) is 4.91. The molecule has 0 saturated heterocycles. The van der Waals surface area contributed by atoms with E-state index in [-0.39, 0.29) is 5.91 Å². The number of benzene rings is 1. The van der Waals surface area contributed by atoms with Crippen LogP contribution < -0.4 is 10.1 Å². The standard InChI is InChI=1S/C12H12N2O2/c1-8(15)14-11-7-10(16-2)6-9-4-3-5-13-12(9)11/h3-7H,1-2H3,(H,14,15). The largest absolute Gasteiger partial charge is 0.497 e. The molecule has 0 aliphatic rings. The number of methoxy groups -OCH3 is 1. The van der Waals surface area contributed by atoms with Crippen LogP contribution in [0, 0.1) is 0 Å². The number of anilines is 1. The van der Waals surface area contributed by atoms with Crippen molar-refractivity contribution in [1.29, 1.82) is 0 Å². The van der Waals surface area contributed by atoms with Gasteiger partial charge in [0.25, 0.3) is 0 Å². The van der Waals surface area contributed by atoms with Crippen LogP contribution in [0.4, 0.5) is 5.69 Å². The highest BCUT2D eigenvalue weighted by Gasteiger charge is 2.06. The van der Waals surface area contributed by atoms with Gasteiger partial charge in [-0.1, -0.05) is 6.07 Å². The lowest BCUT2D eigenvalue weighted by atomic mass is 10.2. The summed E-state index contributed by atoms with van der Waals surface area (Å²) in [6.07, 6.45) is 1.69. The van der Waals surface area contributed by atoms with Crippen molar-refractivity contribution in [3.8, 4) is 5.75 Å². The zero-order valence-electron chi connectivity index (χ0n) is 9.15. The lowest BCUT2D eigenvalue weighted by molar-refractivity contribution is -0.114. The molecule has 1 heterocycles. The van der Waals surface area contributed by atoms with Gasteiger partial charge in [0.15, 0.2) is 0 Å². The number of hydrogen-bond donors (Lipinski definition) is 1. The van der Waals surface area contributed by atoms with E-state index in [2.05, 4.69) is 10.3 Å². The minimum atomic E-state index is -0.125. The molecule has 0 radical (unpaired) electrons. The van der Waals surface area contributed by atoms with Gasteiger partial charge in [0.05, 0.1) is 18.3 Å². The first-order chi connectivity index (χ1) is 7.70. The van der Waals surface area contributed by atoms with Crippen LogP contribution in [0.25, 0.3) is 10.9 Å². The van der Waals surface area contributed by atoms with Gasteiger partial charge < -0.3 is 10.1 Å².